The molecule has 0 spiro atoms. The highest BCUT2D eigenvalue weighted by molar-refractivity contribution is 6.31. The topological polar surface area (TPSA) is 69.6 Å². The van der Waals surface area contributed by atoms with E-state index in [1.54, 1.807) is 31.5 Å². The maximum atomic E-state index is 12.9. The van der Waals surface area contributed by atoms with E-state index >= 15 is 0 Å². The van der Waals surface area contributed by atoms with Crippen molar-refractivity contribution in [3.8, 4) is 11.5 Å². The van der Waals surface area contributed by atoms with Crippen LogP contribution in [-0.4, -0.2) is 25.0 Å². The number of hydrogen-bond acceptors (Lipinski definition) is 5. The fourth-order valence-corrected chi connectivity index (χ4v) is 2.41. The first kappa shape index (κ1) is 16.4. The van der Waals surface area contributed by atoms with Gasteiger partial charge in [-0.15, -0.1) is 10.2 Å². The van der Waals surface area contributed by atoms with Gasteiger partial charge in [-0.1, -0.05) is 11.6 Å². The van der Waals surface area contributed by atoms with Gasteiger partial charge < -0.3 is 4.42 Å². The van der Waals surface area contributed by atoms with Gasteiger partial charge in [-0.2, -0.15) is 18.3 Å². The van der Waals surface area contributed by atoms with Crippen LogP contribution in [0.2, 0.25) is 5.02 Å². The van der Waals surface area contributed by atoms with E-state index in [4.69, 9.17) is 16.0 Å². The lowest BCUT2D eigenvalue weighted by Gasteiger charge is -2.09. The summed E-state index contributed by atoms with van der Waals surface area (Å²) in [6, 6.07) is 2.65. The summed E-state index contributed by atoms with van der Waals surface area (Å²) < 4.78 is 45.4. The summed E-state index contributed by atoms with van der Waals surface area (Å²) in [5, 5.41) is 10.9. The van der Waals surface area contributed by atoms with Gasteiger partial charge in [-0.25, -0.2) is 0 Å². The Morgan fingerprint density at radius 2 is 1.88 bits per heavy atom. The number of hydrogen-bond donors (Lipinski definition) is 0. The molecule has 0 radical (unpaired) electrons. The lowest BCUT2D eigenvalue weighted by Crippen LogP contribution is -2.13. The first-order chi connectivity index (χ1) is 11.3. The molecule has 126 valence electrons. The van der Waals surface area contributed by atoms with Crippen LogP contribution in [0.5, 0.6) is 0 Å². The van der Waals surface area contributed by atoms with Crippen LogP contribution in [0.25, 0.3) is 11.5 Å². The molecule has 0 amide bonds. The third-order valence-electron chi connectivity index (χ3n) is 3.44. The van der Waals surface area contributed by atoms with Crippen molar-refractivity contribution >= 4 is 11.6 Å². The van der Waals surface area contributed by atoms with Crippen LogP contribution in [0.15, 0.2) is 28.9 Å². The fraction of sp³-hybridized carbons (Fsp3) is 0.286. The zero-order valence-electron chi connectivity index (χ0n) is 12.5. The molecule has 1 unspecified atom stereocenters. The second-order valence-electron chi connectivity index (χ2n) is 5.05. The van der Waals surface area contributed by atoms with Crippen LogP contribution in [-0.2, 0) is 6.18 Å². The predicted octanol–water partition coefficient (Wildman–Crippen LogP) is 3.92. The summed E-state index contributed by atoms with van der Waals surface area (Å²) in [5.74, 6) is 0.365. The Labute approximate surface area is 139 Å². The molecule has 0 saturated heterocycles. The van der Waals surface area contributed by atoms with Crippen LogP contribution in [0.4, 0.5) is 13.2 Å². The molecule has 0 fully saturated rings. The van der Waals surface area contributed by atoms with Crippen LogP contribution < -0.4 is 0 Å². The number of aromatic nitrogens is 5. The van der Waals surface area contributed by atoms with Gasteiger partial charge in [0.15, 0.2) is 5.69 Å². The van der Waals surface area contributed by atoms with Crippen molar-refractivity contribution in [2.24, 2.45) is 0 Å². The summed E-state index contributed by atoms with van der Waals surface area (Å²) >= 11 is 5.75. The number of nitrogens with zero attached hydrogens (tertiary/aromatic N) is 5. The molecule has 0 aliphatic carbocycles. The number of rotatable bonds is 3. The van der Waals surface area contributed by atoms with Crippen LogP contribution in [0, 0.1) is 6.92 Å². The normalized spacial score (nSPS) is 13.2. The van der Waals surface area contributed by atoms with E-state index in [2.05, 4.69) is 20.3 Å². The van der Waals surface area contributed by atoms with Crippen molar-refractivity contribution in [1.29, 1.82) is 0 Å². The monoisotopic (exact) mass is 357 g/mol. The summed E-state index contributed by atoms with van der Waals surface area (Å²) in [4.78, 5) is 3.88. The van der Waals surface area contributed by atoms with E-state index in [-0.39, 0.29) is 17.5 Å². The fourth-order valence-electron chi connectivity index (χ4n) is 2.18. The van der Waals surface area contributed by atoms with E-state index in [0.29, 0.717) is 5.56 Å². The van der Waals surface area contributed by atoms with Crippen LogP contribution >= 0.6 is 11.6 Å². The third kappa shape index (κ3) is 2.86. The Morgan fingerprint density at radius 3 is 2.46 bits per heavy atom. The van der Waals surface area contributed by atoms with Gasteiger partial charge in [-0.3, -0.25) is 9.67 Å². The maximum Gasteiger partial charge on any atom is 0.436 e. The van der Waals surface area contributed by atoms with Crippen molar-refractivity contribution in [3.05, 3.63) is 46.8 Å². The van der Waals surface area contributed by atoms with E-state index in [1.165, 1.54) is 6.92 Å². The molecule has 0 aliphatic heterocycles. The smallest absolute Gasteiger partial charge is 0.418 e. The van der Waals surface area contributed by atoms with Crippen molar-refractivity contribution in [2.75, 3.05) is 0 Å². The highest BCUT2D eigenvalue weighted by atomic mass is 35.5. The molecule has 10 heteroatoms. The minimum absolute atomic E-state index is 0.123. The van der Waals surface area contributed by atoms with E-state index < -0.39 is 22.9 Å². The molecule has 0 N–H and O–H groups in total. The standard InChI is InChI=1S/C14H11ClF3N5O/c1-7-10(15)11(14(16,17)18)22-23(7)8(2)12-20-21-13(24-12)9-3-5-19-6-4-9/h3-6,8H,1-2H3. The number of alkyl halides is 3. The van der Waals surface area contributed by atoms with E-state index in [9.17, 15) is 13.2 Å². The molecule has 6 nitrogen and oxygen atoms in total. The molecule has 0 aliphatic rings. The SMILES string of the molecule is Cc1c(Cl)c(C(F)(F)F)nn1C(C)c1nnc(-c2ccncc2)o1. The highest BCUT2D eigenvalue weighted by Crippen LogP contribution is 2.36. The van der Waals surface area contributed by atoms with Crippen molar-refractivity contribution in [1.82, 2.24) is 25.0 Å². The molecule has 3 aromatic rings. The summed E-state index contributed by atoms with van der Waals surface area (Å²) in [5.41, 5.74) is -0.315. The average molecular weight is 358 g/mol. The van der Waals surface area contributed by atoms with Crippen LogP contribution in [0.3, 0.4) is 0 Å². The average Bonchev–Trinajstić information content (AvgIpc) is 3.14. The lowest BCUT2D eigenvalue weighted by molar-refractivity contribution is -0.141. The summed E-state index contributed by atoms with van der Waals surface area (Å²) in [7, 11) is 0. The maximum absolute atomic E-state index is 12.9. The number of halogens is 4. The lowest BCUT2D eigenvalue weighted by atomic mass is 10.3. The highest BCUT2D eigenvalue weighted by Gasteiger charge is 2.39. The Morgan fingerprint density at radius 1 is 1.21 bits per heavy atom. The molecular weight excluding hydrogens is 347 g/mol. The number of pyridine rings is 1. The van der Waals surface area contributed by atoms with Gasteiger partial charge in [0.1, 0.15) is 6.04 Å². The van der Waals surface area contributed by atoms with Gasteiger partial charge in [0.25, 0.3) is 0 Å². The Balaban J connectivity index is 1.96. The van der Waals surface area contributed by atoms with Gasteiger partial charge in [0.2, 0.25) is 11.8 Å². The zero-order valence-corrected chi connectivity index (χ0v) is 13.3. The first-order valence-electron chi connectivity index (χ1n) is 6.84. The van der Waals surface area contributed by atoms with Crippen molar-refractivity contribution in [2.45, 2.75) is 26.1 Å². The minimum atomic E-state index is -4.64. The summed E-state index contributed by atoms with van der Waals surface area (Å²) in [6.07, 6.45) is -1.50. The van der Waals surface area contributed by atoms with Crippen LogP contribution in [0.1, 0.15) is 30.2 Å². The molecular formula is C14H11ClF3N5O. The Hall–Kier alpha value is -2.42. The molecule has 3 rings (SSSR count). The van der Waals surface area contributed by atoms with Gasteiger partial charge in [0.05, 0.1) is 10.7 Å². The minimum Gasteiger partial charge on any atom is -0.418 e. The molecule has 1 atom stereocenters. The third-order valence-corrected chi connectivity index (χ3v) is 3.89. The zero-order chi connectivity index (χ0) is 17.5. The Kier molecular flexibility index (Phi) is 4.04. The molecule has 0 saturated carbocycles. The van der Waals surface area contributed by atoms with E-state index in [1.807, 2.05) is 0 Å². The molecule has 24 heavy (non-hydrogen) atoms. The predicted molar refractivity (Wildman–Crippen MR) is 78.3 cm³/mol. The van der Waals surface area contributed by atoms with Crippen molar-refractivity contribution in [3.63, 3.8) is 0 Å². The van der Waals surface area contributed by atoms with E-state index in [0.717, 1.165) is 4.68 Å². The van der Waals surface area contributed by atoms with Gasteiger partial charge in [-0.05, 0) is 26.0 Å². The Bertz CT molecular complexity index is 859. The van der Waals surface area contributed by atoms with Gasteiger partial charge in [0, 0.05) is 18.0 Å². The van der Waals surface area contributed by atoms with Gasteiger partial charge >= 0.3 is 6.18 Å². The second kappa shape index (κ2) is 5.90. The van der Waals surface area contributed by atoms with Crippen molar-refractivity contribution < 1.29 is 17.6 Å². The quantitative estimate of drug-likeness (QED) is 0.710. The molecule has 0 aromatic carbocycles. The largest absolute Gasteiger partial charge is 0.436 e. The molecule has 3 aromatic heterocycles. The molecule has 3 heterocycles. The first-order valence-corrected chi connectivity index (χ1v) is 7.22. The molecule has 0 bridgehead atoms. The second-order valence-corrected chi connectivity index (χ2v) is 5.43. The summed E-state index contributed by atoms with van der Waals surface area (Å²) in [6.45, 7) is 3.04.